The monoisotopic (exact) mass is 750 g/mol. The summed E-state index contributed by atoms with van der Waals surface area (Å²) in [5.41, 5.74) is 0. The van der Waals surface area contributed by atoms with Gasteiger partial charge in [0.15, 0.2) is 0 Å². The van der Waals surface area contributed by atoms with Crippen molar-refractivity contribution < 1.29 is 19.1 Å². The molecule has 0 saturated heterocycles. The first kappa shape index (κ1) is 43.4. The molecule has 0 unspecified atom stereocenters. The van der Waals surface area contributed by atoms with E-state index in [4.69, 9.17) is 9.47 Å². The van der Waals surface area contributed by atoms with Crippen LogP contribution < -0.4 is 0 Å². The molecular formula is C36H70O4S2Sn. The molecular weight excluding hydrogens is 679 g/mol. The van der Waals surface area contributed by atoms with E-state index in [0.29, 0.717) is 19.0 Å². The zero-order chi connectivity index (χ0) is 32.0. The molecule has 0 atom stereocenters. The molecule has 43 heavy (non-hydrogen) atoms. The summed E-state index contributed by atoms with van der Waals surface area (Å²) in [6, 6.07) is 0. The Morgan fingerprint density at radius 2 is 1.05 bits per heavy atom. The van der Waals surface area contributed by atoms with Crippen LogP contribution in [0.25, 0.3) is 0 Å². The minimum atomic E-state index is -1.06. The number of carbonyl (C=O) groups is 2. The Bertz CT molecular complexity index is 629. The summed E-state index contributed by atoms with van der Waals surface area (Å²) in [6.07, 6.45) is 25.7. The standard InChI is InChI=1S/C26H52O2S.C10H20O2S.Sn/c1-5-7-9-11-13-17-21-26(29,22-18-14-12-10-8-6-2)25(27)28-23-19-15-16-20-24(3)4;1-9(2)6-4-3-5-7-12-10(11)8-13;/h24,29H,5-23H2,1-4H3;9,13H,3-8H2,1-2H3;/q;;+2/p-2. The van der Waals surface area contributed by atoms with Gasteiger partial charge in [-0.05, 0) is 0 Å². The van der Waals surface area contributed by atoms with E-state index in [1.54, 1.807) is 8.95 Å². The number of hydrogen-bond donors (Lipinski definition) is 0. The zero-order valence-electron chi connectivity index (χ0n) is 29.3. The number of ether oxygens (including phenoxy) is 2. The molecule has 0 bridgehead atoms. The van der Waals surface area contributed by atoms with Crippen LogP contribution >= 0.6 is 17.9 Å². The van der Waals surface area contributed by atoms with Crippen LogP contribution in [0.4, 0.5) is 0 Å². The fourth-order valence-corrected chi connectivity index (χ4v) is 17.8. The second-order valence-electron chi connectivity index (χ2n) is 13.3. The van der Waals surface area contributed by atoms with Crippen molar-refractivity contribution in [2.45, 2.75) is 188 Å². The molecule has 0 saturated carbocycles. The van der Waals surface area contributed by atoms with Crippen molar-refractivity contribution in [3.05, 3.63) is 0 Å². The predicted octanol–water partition coefficient (Wildman–Crippen LogP) is 11.7. The van der Waals surface area contributed by atoms with Crippen molar-refractivity contribution in [1.82, 2.24) is 0 Å². The van der Waals surface area contributed by atoms with E-state index in [9.17, 15) is 9.59 Å². The summed E-state index contributed by atoms with van der Waals surface area (Å²) in [4.78, 5) is 26.2. The van der Waals surface area contributed by atoms with Crippen molar-refractivity contribution in [3.8, 4) is 0 Å². The van der Waals surface area contributed by atoms with Crippen molar-refractivity contribution in [2.24, 2.45) is 11.8 Å². The van der Waals surface area contributed by atoms with Gasteiger partial charge in [-0.3, -0.25) is 0 Å². The van der Waals surface area contributed by atoms with Gasteiger partial charge in [0.25, 0.3) is 0 Å². The molecule has 0 aromatic carbocycles. The van der Waals surface area contributed by atoms with E-state index in [0.717, 1.165) is 63.2 Å². The van der Waals surface area contributed by atoms with Crippen LogP contribution in [0.15, 0.2) is 0 Å². The molecule has 0 heterocycles. The Morgan fingerprint density at radius 1 is 0.605 bits per heavy atom. The average molecular weight is 750 g/mol. The second-order valence-corrected chi connectivity index (χ2v) is 24.1. The van der Waals surface area contributed by atoms with Gasteiger partial charge in [-0.25, -0.2) is 0 Å². The van der Waals surface area contributed by atoms with E-state index < -0.39 is 23.1 Å². The van der Waals surface area contributed by atoms with Gasteiger partial charge in [0.2, 0.25) is 0 Å². The van der Waals surface area contributed by atoms with Gasteiger partial charge in [-0.2, -0.15) is 0 Å². The van der Waals surface area contributed by atoms with Gasteiger partial charge in [0.1, 0.15) is 0 Å². The average Bonchev–Trinajstić information content (AvgIpc) is 2.97. The summed E-state index contributed by atoms with van der Waals surface area (Å²) in [5, 5.41) is 0. The van der Waals surface area contributed by atoms with Crippen LogP contribution in [0.5, 0.6) is 0 Å². The Morgan fingerprint density at radius 3 is 1.53 bits per heavy atom. The quantitative estimate of drug-likeness (QED) is 0.0388. The summed E-state index contributed by atoms with van der Waals surface area (Å²) < 4.78 is 11.1. The van der Waals surface area contributed by atoms with Gasteiger partial charge in [-0.15, -0.1) is 0 Å². The zero-order valence-corrected chi connectivity index (χ0v) is 33.8. The fraction of sp³-hybridized carbons (Fsp3) is 0.944. The summed E-state index contributed by atoms with van der Waals surface area (Å²) >= 11 is -1.06. The van der Waals surface area contributed by atoms with Crippen molar-refractivity contribution in [2.75, 3.05) is 19.0 Å². The van der Waals surface area contributed by atoms with Gasteiger partial charge < -0.3 is 0 Å². The van der Waals surface area contributed by atoms with Crippen LogP contribution in [0.3, 0.4) is 0 Å². The van der Waals surface area contributed by atoms with Crippen LogP contribution in [0, 0.1) is 11.8 Å². The first-order chi connectivity index (χ1) is 20.8. The molecule has 2 radical (unpaired) electrons. The minimum absolute atomic E-state index is 0.0361. The van der Waals surface area contributed by atoms with E-state index in [1.165, 1.54) is 89.9 Å². The molecule has 0 aromatic rings. The van der Waals surface area contributed by atoms with Gasteiger partial charge in [-0.1, -0.05) is 0 Å². The van der Waals surface area contributed by atoms with Crippen molar-refractivity contribution in [1.29, 1.82) is 0 Å². The maximum absolute atomic E-state index is 13.8. The van der Waals surface area contributed by atoms with Crippen LogP contribution in [-0.4, -0.2) is 54.0 Å². The number of esters is 2. The second kappa shape index (κ2) is 31.1. The molecule has 0 aliphatic carbocycles. The Labute approximate surface area is 284 Å². The first-order valence-electron chi connectivity index (χ1n) is 18.1. The maximum atomic E-state index is 13.8. The topological polar surface area (TPSA) is 52.6 Å². The molecule has 0 aromatic heterocycles. The van der Waals surface area contributed by atoms with E-state index >= 15 is 0 Å². The van der Waals surface area contributed by atoms with Crippen LogP contribution in [0.2, 0.25) is 0 Å². The molecule has 254 valence electrons. The van der Waals surface area contributed by atoms with Crippen molar-refractivity contribution in [3.63, 3.8) is 0 Å². The Hall–Kier alpha value is 0.439. The molecule has 0 aliphatic rings. The van der Waals surface area contributed by atoms with Crippen molar-refractivity contribution >= 4 is 48.2 Å². The van der Waals surface area contributed by atoms with E-state index in [1.807, 2.05) is 8.95 Å². The SMILES string of the molecule is CCCCCCCCC(CCCCCCCC)([S][Sn][S]CC(=O)OCCCCCC(C)C)C(=O)OCCCCCC(C)C. The first-order valence-corrected chi connectivity index (χ1v) is 26.9. The summed E-state index contributed by atoms with van der Waals surface area (Å²) in [5.74, 6) is 1.85. The van der Waals surface area contributed by atoms with Gasteiger partial charge in [0.05, 0.1) is 0 Å². The number of hydrogen-bond acceptors (Lipinski definition) is 6. The van der Waals surface area contributed by atoms with Gasteiger partial charge in [0, 0.05) is 0 Å². The Balaban J connectivity index is 5.05. The third-order valence-electron chi connectivity index (χ3n) is 8.07. The normalized spacial score (nSPS) is 11.9. The van der Waals surface area contributed by atoms with E-state index in [2.05, 4.69) is 41.5 Å². The molecule has 0 fully saturated rings. The van der Waals surface area contributed by atoms with Crippen LogP contribution in [-0.2, 0) is 19.1 Å². The van der Waals surface area contributed by atoms with E-state index in [-0.39, 0.29) is 11.9 Å². The third kappa shape index (κ3) is 27.3. The molecule has 0 aliphatic heterocycles. The molecule has 0 N–H and O–H groups in total. The number of unbranched alkanes of at least 4 members (excludes halogenated alkanes) is 14. The molecule has 4 nitrogen and oxygen atoms in total. The number of rotatable bonds is 32. The Kier molecular flexibility index (Phi) is 31.4. The van der Waals surface area contributed by atoms with Crippen LogP contribution in [0.1, 0.15) is 183 Å². The molecule has 0 rings (SSSR count). The third-order valence-corrected chi connectivity index (χ3v) is 20.0. The summed E-state index contributed by atoms with van der Waals surface area (Å²) in [6.45, 7) is 14.7. The fourth-order valence-electron chi connectivity index (χ4n) is 5.24. The predicted molar refractivity (Wildman–Crippen MR) is 193 cm³/mol. The molecule has 7 heteroatoms. The number of carbonyl (C=O) groups excluding carboxylic acids is 2. The summed E-state index contributed by atoms with van der Waals surface area (Å²) in [7, 11) is 3.68. The molecule has 0 spiro atoms. The van der Waals surface area contributed by atoms with Gasteiger partial charge >= 0.3 is 286 Å². The molecule has 0 amide bonds.